The van der Waals surface area contributed by atoms with Crippen molar-refractivity contribution in [3.63, 3.8) is 0 Å². The van der Waals surface area contributed by atoms with E-state index in [-0.39, 0.29) is 5.75 Å². The van der Waals surface area contributed by atoms with Crippen molar-refractivity contribution in [1.29, 1.82) is 0 Å². The van der Waals surface area contributed by atoms with Crippen molar-refractivity contribution in [2.45, 2.75) is 0 Å². The molecule has 30 heavy (non-hydrogen) atoms. The van der Waals surface area contributed by atoms with Crippen LogP contribution in [0.1, 0.15) is 5.56 Å². The lowest BCUT2D eigenvalue weighted by Crippen LogP contribution is -2.12. The summed E-state index contributed by atoms with van der Waals surface area (Å²) >= 11 is 1.45. The van der Waals surface area contributed by atoms with Crippen molar-refractivity contribution < 1.29 is 19.3 Å². The van der Waals surface area contributed by atoms with Crippen LogP contribution in [0.5, 0.6) is 23.0 Å². The second kappa shape index (κ2) is 9.80. The summed E-state index contributed by atoms with van der Waals surface area (Å²) in [5, 5.41) is 16.6. The molecular formula is C22H23N3O4S. The van der Waals surface area contributed by atoms with E-state index in [1.165, 1.54) is 11.3 Å². The maximum Gasteiger partial charge on any atom is 0.206 e. The first-order chi connectivity index (χ1) is 14.6. The van der Waals surface area contributed by atoms with E-state index >= 15 is 0 Å². The summed E-state index contributed by atoms with van der Waals surface area (Å²) in [5.74, 6) is 1.74. The lowest BCUT2D eigenvalue weighted by molar-refractivity contribution is 0.324. The van der Waals surface area contributed by atoms with Gasteiger partial charge in [-0.3, -0.25) is 4.99 Å². The fourth-order valence-corrected chi connectivity index (χ4v) is 3.65. The molecule has 0 atom stereocenters. The molecule has 3 aromatic rings. The molecule has 2 aromatic carbocycles. The monoisotopic (exact) mass is 425 g/mol. The maximum absolute atomic E-state index is 10.0. The van der Waals surface area contributed by atoms with E-state index < -0.39 is 0 Å². The van der Waals surface area contributed by atoms with E-state index in [1.807, 2.05) is 23.6 Å². The van der Waals surface area contributed by atoms with E-state index in [1.54, 1.807) is 56.5 Å². The normalized spacial score (nSPS) is 11.6. The predicted octanol–water partition coefficient (Wildman–Crippen LogP) is 3.92. The zero-order valence-corrected chi connectivity index (χ0v) is 17.8. The molecule has 0 saturated carbocycles. The van der Waals surface area contributed by atoms with Crippen LogP contribution >= 0.6 is 11.3 Å². The lowest BCUT2D eigenvalue weighted by Gasteiger charge is -2.14. The van der Waals surface area contributed by atoms with Crippen molar-refractivity contribution in [1.82, 2.24) is 4.68 Å². The number of hydrogen-bond acceptors (Lipinski definition) is 7. The Labute approximate surface area is 178 Å². The third-order valence-electron chi connectivity index (χ3n) is 4.25. The second-order valence-corrected chi connectivity index (χ2v) is 6.90. The van der Waals surface area contributed by atoms with Gasteiger partial charge in [0.25, 0.3) is 0 Å². The maximum atomic E-state index is 10.0. The van der Waals surface area contributed by atoms with E-state index in [9.17, 15) is 5.11 Å². The van der Waals surface area contributed by atoms with Gasteiger partial charge in [-0.1, -0.05) is 18.2 Å². The van der Waals surface area contributed by atoms with Gasteiger partial charge in [-0.25, -0.2) is 4.68 Å². The van der Waals surface area contributed by atoms with Gasteiger partial charge in [0.05, 0.1) is 39.8 Å². The molecule has 1 aromatic heterocycles. The van der Waals surface area contributed by atoms with E-state index in [0.29, 0.717) is 34.2 Å². The molecule has 0 aliphatic rings. The Balaban J connectivity index is 2.18. The fourth-order valence-electron chi connectivity index (χ4n) is 2.81. The first-order valence-corrected chi connectivity index (χ1v) is 9.95. The number of phenols is 1. The zero-order valence-electron chi connectivity index (χ0n) is 17.0. The van der Waals surface area contributed by atoms with Crippen LogP contribution in [-0.4, -0.2) is 43.9 Å². The van der Waals surface area contributed by atoms with Crippen LogP contribution in [0, 0.1) is 0 Å². The SMILES string of the molecule is C=CCN=c1scc(-c2cc(OC)c(OC)c(OC)c2)n1N=Cc1ccccc1O. The van der Waals surface area contributed by atoms with Crippen molar-refractivity contribution >= 4 is 17.6 Å². The van der Waals surface area contributed by atoms with Gasteiger partial charge in [-0.2, -0.15) is 5.10 Å². The van der Waals surface area contributed by atoms with Gasteiger partial charge in [-0.15, -0.1) is 17.9 Å². The summed E-state index contributed by atoms with van der Waals surface area (Å²) in [6, 6.07) is 10.7. The standard InChI is InChI=1S/C22H23N3O4S/c1-5-10-23-22-25(24-13-15-8-6-7-9-18(15)26)17(14-30-22)16-11-19(27-2)21(29-4)20(12-16)28-3/h5-9,11-14,26H,1,10H2,2-4H3. The minimum Gasteiger partial charge on any atom is -0.507 e. The smallest absolute Gasteiger partial charge is 0.206 e. The summed E-state index contributed by atoms with van der Waals surface area (Å²) in [6.07, 6.45) is 3.31. The number of hydrogen-bond donors (Lipinski definition) is 1. The van der Waals surface area contributed by atoms with Crippen molar-refractivity contribution in [2.75, 3.05) is 27.9 Å². The number of nitrogens with zero attached hydrogens (tertiary/aromatic N) is 3. The lowest BCUT2D eigenvalue weighted by atomic mass is 10.1. The number of ether oxygens (including phenoxy) is 3. The molecule has 0 spiro atoms. The highest BCUT2D eigenvalue weighted by atomic mass is 32.1. The van der Waals surface area contributed by atoms with Crippen LogP contribution < -0.4 is 19.0 Å². The fraction of sp³-hybridized carbons (Fsp3) is 0.182. The number of methoxy groups -OCH3 is 3. The molecule has 1 N–H and O–H groups in total. The molecule has 0 aliphatic carbocycles. The van der Waals surface area contributed by atoms with Gasteiger partial charge in [0, 0.05) is 16.5 Å². The summed E-state index contributed by atoms with van der Waals surface area (Å²) in [7, 11) is 4.71. The van der Waals surface area contributed by atoms with Crippen LogP contribution in [0.15, 0.2) is 64.5 Å². The molecule has 156 valence electrons. The molecule has 0 bridgehead atoms. The van der Waals surface area contributed by atoms with Crippen molar-refractivity contribution in [2.24, 2.45) is 10.1 Å². The molecule has 3 rings (SSSR count). The second-order valence-electron chi connectivity index (χ2n) is 6.06. The van der Waals surface area contributed by atoms with Gasteiger partial charge in [0.2, 0.25) is 10.6 Å². The Hall–Kier alpha value is -3.52. The number of phenolic OH excluding ortho intramolecular Hbond substituents is 1. The summed E-state index contributed by atoms with van der Waals surface area (Å²) in [4.78, 5) is 5.21. The number of thiazole rings is 1. The third kappa shape index (κ3) is 4.38. The molecule has 8 heteroatoms. The van der Waals surface area contributed by atoms with E-state index in [4.69, 9.17) is 14.2 Å². The first-order valence-electron chi connectivity index (χ1n) is 9.07. The first kappa shape index (κ1) is 21.2. The van der Waals surface area contributed by atoms with Gasteiger partial charge in [-0.05, 0) is 24.3 Å². The Morgan fingerprint density at radius 3 is 2.40 bits per heavy atom. The highest BCUT2D eigenvalue weighted by molar-refractivity contribution is 7.07. The summed E-state index contributed by atoms with van der Waals surface area (Å²) in [5.41, 5.74) is 2.20. The molecule has 0 aliphatic heterocycles. The molecular weight excluding hydrogens is 402 g/mol. The van der Waals surface area contributed by atoms with Crippen molar-refractivity contribution in [3.8, 4) is 34.3 Å². The molecule has 0 amide bonds. The third-order valence-corrected chi connectivity index (χ3v) is 5.10. The summed E-state index contributed by atoms with van der Waals surface area (Å²) in [6.45, 7) is 4.18. The molecule has 0 radical (unpaired) electrons. The zero-order chi connectivity index (χ0) is 21.5. The van der Waals surface area contributed by atoms with Gasteiger partial charge in [0.1, 0.15) is 5.75 Å². The average molecular weight is 426 g/mol. The minimum atomic E-state index is 0.149. The largest absolute Gasteiger partial charge is 0.507 e. The molecule has 0 unspecified atom stereocenters. The van der Waals surface area contributed by atoms with Crippen LogP contribution in [0.25, 0.3) is 11.3 Å². The van der Waals surface area contributed by atoms with Crippen LogP contribution in [-0.2, 0) is 0 Å². The van der Waals surface area contributed by atoms with Crippen LogP contribution in [0.4, 0.5) is 0 Å². The van der Waals surface area contributed by atoms with Gasteiger partial charge in [0.15, 0.2) is 11.5 Å². The number of rotatable bonds is 8. The molecule has 7 nitrogen and oxygen atoms in total. The van der Waals surface area contributed by atoms with Crippen molar-refractivity contribution in [3.05, 3.63) is 64.8 Å². The molecule has 0 saturated heterocycles. The Morgan fingerprint density at radius 2 is 1.80 bits per heavy atom. The number of para-hydroxylation sites is 1. The number of benzene rings is 2. The van der Waals surface area contributed by atoms with Crippen LogP contribution in [0.3, 0.4) is 0 Å². The van der Waals surface area contributed by atoms with E-state index in [0.717, 1.165) is 11.3 Å². The predicted molar refractivity (Wildman–Crippen MR) is 119 cm³/mol. The highest BCUT2D eigenvalue weighted by Gasteiger charge is 2.17. The highest BCUT2D eigenvalue weighted by Crippen LogP contribution is 2.41. The minimum absolute atomic E-state index is 0.149. The number of aromatic nitrogens is 1. The Bertz CT molecular complexity index is 1110. The van der Waals surface area contributed by atoms with Gasteiger partial charge < -0.3 is 19.3 Å². The Kier molecular flexibility index (Phi) is 6.92. The Morgan fingerprint density at radius 1 is 1.10 bits per heavy atom. The van der Waals surface area contributed by atoms with E-state index in [2.05, 4.69) is 16.7 Å². The summed E-state index contributed by atoms with van der Waals surface area (Å²) < 4.78 is 18.1. The molecule has 1 heterocycles. The average Bonchev–Trinajstić information content (AvgIpc) is 3.18. The number of aromatic hydroxyl groups is 1. The van der Waals surface area contributed by atoms with Gasteiger partial charge >= 0.3 is 0 Å². The quantitative estimate of drug-likeness (QED) is 0.438. The van der Waals surface area contributed by atoms with Crippen LogP contribution in [0.2, 0.25) is 0 Å². The topological polar surface area (TPSA) is 77.6 Å². The molecule has 0 fully saturated rings.